The van der Waals surface area contributed by atoms with E-state index >= 15 is 0 Å². The molecule has 0 saturated heterocycles. The summed E-state index contributed by atoms with van der Waals surface area (Å²) in [5.41, 5.74) is 9.03. The van der Waals surface area contributed by atoms with Gasteiger partial charge in [-0.3, -0.25) is 4.79 Å². The second kappa shape index (κ2) is 12.4. The molecule has 0 unspecified atom stereocenters. The SMILES string of the molecule is COc1ccc(CCNc2nccc(-c3cccc(NC(=O)CCCCN)c3)n2)cc1OC. The molecular weight excluding hydrogens is 418 g/mol. The van der Waals surface area contributed by atoms with Crippen molar-refractivity contribution in [2.24, 2.45) is 5.73 Å². The van der Waals surface area contributed by atoms with Crippen molar-refractivity contribution in [2.75, 3.05) is 37.9 Å². The molecule has 0 radical (unpaired) electrons. The quantitative estimate of drug-likeness (QED) is 0.360. The first-order valence-electron chi connectivity index (χ1n) is 11.0. The summed E-state index contributed by atoms with van der Waals surface area (Å²) in [6.45, 7) is 1.26. The van der Waals surface area contributed by atoms with Crippen LogP contribution in [-0.4, -0.2) is 43.2 Å². The van der Waals surface area contributed by atoms with E-state index in [9.17, 15) is 4.79 Å². The summed E-state index contributed by atoms with van der Waals surface area (Å²) in [7, 11) is 3.25. The average Bonchev–Trinajstić information content (AvgIpc) is 2.84. The van der Waals surface area contributed by atoms with Crippen LogP contribution in [0.3, 0.4) is 0 Å². The van der Waals surface area contributed by atoms with Gasteiger partial charge >= 0.3 is 0 Å². The van der Waals surface area contributed by atoms with E-state index in [4.69, 9.17) is 15.2 Å². The number of nitrogens with zero attached hydrogens (tertiary/aromatic N) is 2. The van der Waals surface area contributed by atoms with Gasteiger partial charge < -0.3 is 25.8 Å². The summed E-state index contributed by atoms with van der Waals surface area (Å²) in [4.78, 5) is 21.0. The molecular formula is C25H31N5O3. The summed E-state index contributed by atoms with van der Waals surface area (Å²) < 4.78 is 10.6. The van der Waals surface area contributed by atoms with E-state index in [1.807, 2.05) is 48.5 Å². The zero-order chi connectivity index (χ0) is 23.5. The second-order valence-electron chi connectivity index (χ2n) is 7.51. The summed E-state index contributed by atoms with van der Waals surface area (Å²) in [5, 5.41) is 6.21. The Morgan fingerprint density at radius 3 is 2.67 bits per heavy atom. The lowest BCUT2D eigenvalue weighted by atomic mass is 10.1. The van der Waals surface area contributed by atoms with Crippen molar-refractivity contribution in [3.05, 3.63) is 60.3 Å². The number of hydrogen-bond acceptors (Lipinski definition) is 7. The fraction of sp³-hybridized carbons (Fsp3) is 0.320. The number of nitrogens with one attached hydrogen (secondary N) is 2. The van der Waals surface area contributed by atoms with Crippen molar-refractivity contribution >= 4 is 17.5 Å². The molecule has 0 aliphatic rings. The van der Waals surface area contributed by atoms with Gasteiger partial charge in [-0.25, -0.2) is 9.97 Å². The van der Waals surface area contributed by atoms with Crippen molar-refractivity contribution in [2.45, 2.75) is 25.7 Å². The lowest BCUT2D eigenvalue weighted by molar-refractivity contribution is -0.116. The minimum Gasteiger partial charge on any atom is -0.493 e. The number of nitrogens with two attached hydrogens (primary N) is 1. The normalized spacial score (nSPS) is 10.5. The number of rotatable bonds is 12. The first-order valence-corrected chi connectivity index (χ1v) is 11.0. The molecule has 1 amide bonds. The second-order valence-corrected chi connectivity index (χ2v) is 7.51. The number of benzene rings is 2. The highest BCUT2D eigenvalue weighted by Crippen LogP contribution is 2.27. The summed E-state index contributed by atoms with van der Waals surface area (Å²) >= 11 is 0. The Morgan fingerprint density at radius 1 is 1.03 bits per heavy atom. The molecule has 4 N–H and O–H groups in total. The summed E-state index contributed by atoms with van der Waals surface area (Å²) in [5.74, 6) is 1.95. The van der Waals surface area contributed by atoms with Crippen LogP contribution in [-0.2, 0) is 11.2 Å². The molecule has 0 aliphatic heterocycles. The highest BCUT2D eigenvalue weighted by atomic mass is 16.5. The van der Waals surface area contributed by atoms with Crippen LogP contribution in [0.25, 0.3) is 11.3 Å². The molecule has 1 aromatic heterocycles. The molecule has 174 valence electrons. The van der Waals surface area contributed by atoms with E-state index in [-0.39, 0.29) is 5.91 Å². The Labute approximate surface area is 194 Å². The van der Waals surface area contributed by atoms with E-state index in [1.165, 1.54) is 0 Å². The molecule has 0 spiro atoms. The Kier molecular flexibility index (Phi) is 9.02. The van der Waals surface area contributed by atoms with Crippen LogP contribution in [0.5, 0.6) is 11.5 Å². The first kappa shape index (κ1) is 24.0. The van der Waals surface area contributed by atoms with Gasteiger partial charge in [0.2, 0.25) is 11.9 Å². The molecule has 2 aromatic carbocycles. The van der Waals surface area contributed by atoms with E-state index in [1.54, 1.807) is 20.4 Å². The number of anilines is 2. The fourth-order valence-corrected chi connectivity index (χ4v) is 3.37. The molecule has 3 rings (SSSR count). The van der Waals surface area contributed by atoms with E-state index in [2.05, 4.69) is 20.6 Å². The van der Waals surface area contributed by atoms with Gasteiger partial charge in [0, 0.05) is 30.4 Å². The van der Waals surface area contributed by atoms with Gasteiger partial charge in [0.15, 0.2) is 11.5 Å². The maximum Gasteiger partial charge on any atom is 0.224 e. The van der Waals surface area contributed by atoms with Gasteiger partial charge in [-0.15, -0.1) is 0 Å². The van der Waals surface area contributed by atoms with Gasteiger partial charge in [-0.05, 0) is 61.7 Å². The number of amides is 1. The highest BCUT2D eigenvalue weighted by Gasteiger charge is 2.07. The largest absolute Gasteiger partial charge is 0.493 e. The minimum absolute atomic E-state index is 0.0131. The number of unbranched alkanes of at least 4 members (excludes halogenated alkanes) is 1. The van der Waals surface area contributed by atoms with Crippen molar-refractivity contribution in [1.29, 1.82) is 0 Å². The zero-order valence-corrected chi connectivity index (χ0v) is 19.1. The summed E-state index contributed by atoms with van der Waals surface area (Å²) in [6.07, 6.45) is 4.59. The van der Waals surface area contributed by atoms with Crippen LogP contribution in [0, 0.1) is 0 Å². The van der Waals surface area contributed by atoms with Crippen molar-refractivity contribution in [1.82, 2.24) is 9.97 Å². The Balaban J connectivity index is 1.60. The molecule has 8 nitrogen and oxygen atoms in total. The number of aromatic nitrogens is 2. The average molecular weight is 450 g/mol. The van der Waals surface area contributed by atoms with E-state index < -0.39 is 0 Å². The maximum absolute atomic E-state index is 12.1. The minimum atomic E-state index is -0.0131. The summed E-state index contributed by atoms with van der Waals surface area (Å²) in [6, 6.07) is 15.4. The maximum atomic E-state index is 12.1. The highest BCUT2D eigenvalue weighted by molar-refractivity contribution is 5.91. The molecule has 1 heterocycles. The van der Waals surface area contributed by atoms with Crippen LogP contribution >= 0.6 is 0 Å². The van der Waals surface area contributed by atoms with Crippen molar-refractivity contribution < 1.29 is 14.3 Å². The fourth-order valence-electron chi connectivity index (χ4n) is 3.37. The molecule has 8 heteroatoms. The third kappa shape index (κ3) is 7.18. The number of hydrogen-bond donors (Lipinski definition) is 3. The van der Waals surface area contributed by atoms with E-state index in [0.29, 0.717) is 37.0 Å². The predicted octanol–water partition coefficient (Wildman–Crippen LogP) is 3.88. The van der Waals surface area contributed by atoms with Gasteiger partial charge in [0.1, 0.15) is 0 Å². The lowest BCUT2D eigenvalue weighted by Crippen LogP contribution is -2.12. The zero-order valence-electron chi connectivity index (χ0n) is 19.1. The Bertz CT molecular complexity index is 1060. The van der Waals surface area contributed by atoms with Crippen LogP contribution in [0.4, 0.5) is 11.6 Å². The van der Waals surface area contributed by atoms with E-state index in [0.717, 1.165) is 41.8 Å². The lowest BCUT2D eigenvalue weighted by Gasteiger charge is -2.11. The van der Waals surface area contributed by atoms with Gasteiger partial charge in [-0.2, -0.15) is 0 Å². The first-order chi connectivity index (χ1) is 16.1. The smallest absolute Gasteiger partial charge is 0.224 e. The Morgan fingerprint density at radius 2 is 1.88 bits per heavy atom. The number of methoxy groups -OCH3 is 2. The predicted molar refractivity (Wildman–Crippen MR) is 131 cm³/mol. The van der Waals surface area contributed by atoms with Crippen LogP contribution in [0.1, 0.15) is 24.8 Å². The number of carbonyl (C=O) groups is 1. The molecule has 0 bridgehead atoms. The number of carbonyl (C=O) groups excluding carboxylic acids is 1. The molecule has 0 atom stereocenters. The van der Waals surface area contributed by atoms with Crippen molar-refractivity contribution in [3.8, 4) is 22.8 Å². The van der Waals surface area contributed by atoms with Gasteiger partial charge in [0.25, 0.3) is 0 Å². The molecule has 33 heavy (non-hydrogen) atoms. The molecule has 3 aromatic rings. The van der Waals surface area contributed by atoms with Gasteiger partial charge in [-0.1, -0.05) is 18.2 Å². The molecule has 0 saturated carbocycles. The van der Waals surface area contributed by atoms with Crippen LogP contribution in [0.15, 0.2) is 54.7 Å². The topological polar surface area (TPSA) is 111 Å². The third-order valence-corrected chi connectivity index (χ3v) is 5.10. The molecule has 0 aliphatic carbocycles. The molecule has 0 fully saturated rings. The Hall–Kier alpha value is -3.65. The third-order valence-electron chi connectivity index (χ3n) is 5.10. The monoisotopic (exact) mass is 449 g/mol. The van der Waals surface area contributed by atoms with Crippen LogP contribution < -0.4 is 25.8 Å². The van der Waals surface area contributed by atoms with Gasteiger partial charge in [0.05, 0.1) is 19.9 Å². The standard InChI is InChI=1S/C25H31N5O3/c1-32-22-10-9-18(16-23(22)33-2)11-14-27-25-28-15-12-21(30-25)19-6-5-7-20(17-19)29-24(31)8-3-4-13-26/h5-7,9-10,12,15-17H,3-4,8,11,13-14,26H2,1-2H3,(H,29,31)(H,27,28,30). The number of ether oxygens (including phenoxy) is 2. The van der Waals surface area contributed by atoms with Crippen molar-refractivity contribution in [3.63, 3.8) is 0 Å². The van der Waals surface area contributed by atoms with Crippen LogP contribution in [0.2, 0.25) is 0 Å².